The van der Waals surface area contributed by atoms with Crippen LogP contribution in [0.2, 0.25) is 0 Å². The second kappa shape index (κ2) is 6.80. The third-order valence-electron chi connectivity index (χ3n) is 5.14. The van der Waals surface area contributed by atoms with Crippen molar-refractivity contribution in [3.8, 4) is 5.75 Å². The maximum atomic E-state index is 12.6. The summed E-state index contributed by atoms with van der Waals surface area (Å²) in [6.07, 6.45) is 4.09. The van der Waals surface area contributed by atoms with Crippen LogP contribution in [0.4, 0.5) is 5.82 Å². The number of benzene rings is 1. The van der Waals surface area contributed by atoms with Gasteiger partial charge in [-0.1, -0.05) is 18.2 Å². The van der Waals surface area contributed by atoms with E-state index in [0.29, 0.717) is 18.9 Å². The van der Waals surface area contributed by atoms with Crippen LogP contribution in [0, 0.1) is 0 Å². The summed E-state index contributed by atoms with van der Waals surface area (Å²) in [5.41, 5.74) is 0.804. The first-order valence-corrected chi connectivity index (χ1v) is 10.8. The van der Waals surface area contributed by atoms with Crippen molar-refractivity contribution in [3.63, 3.8) is 0 Å². The van der Waals surface area contributed by atoms with E-state index in [1.165, 1.54) is 10.5 Å². The molecule has 27 heavy (non-hydrogen) atoms. The van der Waals surface area contributed by atoms with Gasteiger partial charge in [-0.25, -0.2) is 13.4 Å². The SMILES string of the molecule is CC1(C)CC(Nc2ccc(S(=O)(=O)N3CCCC3)cn2)c2ccccc2O1. The molecule has 4 rings (SSSR count). The summed E-state index contributed by atoms with van der Waals surface area (Å²) < 4.78 is 32.9. The molecule has 3 heterocycles. The number of pyridine rings is 1. The highest BCUT2D eigenvalue weighted by Gasteiger charge is 2.34. The van der Waals surface area contributed by atoms with E-state index in [-0.39, 0.29) is 16.5 Å². The zero-order valence-corrected chi connectivity index (χ0v) is 16.5. The fourth-order valence-electron chi connectivity index (χ4n) is 3.81. The molecular weight excluding hydrogens is 362 g/mol. The summed E-state index contributed by atoms with van der Waals surface area (Å²) in [6, 6.07) is 11.4. The van der Waals surface area contributed by atoms with Crippen molar-refractivity contribution in [3.05, 3.63) is 48.2 Å². The molecule has 2 aliphatic heterocycles. The molecule has 1 fully saturated rings. The number of sulfonamides is 1. The number of nitrogens with one attached hydrogen (secondary N) is 1. The quantitative estimate of drug-likeness (QED) is 0.868. The summed E-state index contributed by atoms with van der Waals surface area (Å²) in [6.45, 7) is 5.32. The minimum absolute atomic E-state index is 0.0542. The van der Waals surface area contributed by atoms with E-state index < -0.39 is 10.0 Å². The van der Waals surface area contributed by atoms with Gasteiger partial charge < -0.3 is 10.1 Å². The van der Waals surface area contributed by atoms with Crippen molar-refractivity contribution >= 4 is 15.8 Å². The van der Waals surface area contributed by atoms with Crippen molar-refractivity contribution in [2.75, 3.05) is 18.4 Å². The van der Waals surface area contributed by atoms with Crippen molar-refractivity contribution in [2.24, 2.45) is 0 Å². The summed E-state index contributed by atoms with van der Waals surface area (Å²) in [5, 5.41) is 3.44. The minimum Gasteiger partial charge on any atom is -0.487 e. The molecule has 6 nitrogen and oxygen atoms in total. The Morgan fingerprint density at radius 2 is 1.89 bits per heavy atom. The smallest absolute Gasteiger partial charge is 0.244 e. The van der Waals surface area contributed by atoms with Crippen LogP contribution < -0.4 is 10.1 Å². The van der Waals surface area contributed by atoms with E-state index in [2.05, 4.69) is 30.2 Å². The Hall–Kier alpha value is -2.12. The standard InChI is InChI=1S/C20H25N3O3S/c1-20(2)13-17(16-7-3-4-8-18(16)26-20)22-19-10-9-15(14-21-19)27(24,25)23-11-5-6-12-23/h3-4,7-10,14,17H,5-6,11-13H2,1-2H3,(H,21,22). The lowest BCUT2D eigenvalue weighted by molar-refractivity contribution is 0.0758. The average Bonchev–Trinajstić information content (AvgIpc) is 3.17. The monoisotopic (exact) mass is 387 g/mol. The number of fused-ring (bicyclic) bond motifs is 1. The molecule has 1 unspecified atom stereocenters. The summed E-state index contributed by atoms with van der Waals surface area (Å²) in [4.78, 5) is 4.63. The lowest BCUT2D eigenvalue weighted by Crippen LogP contribution is -2.37. The Labute approximate surface area is 160 Å². The minimum atomic E-state index is -3.43. The van der Waals surface area contributed by atoms with Gasteiger partial charge in [-0.3, -0.25) is 0 Å². The Morgan fingerprint density at radius 1 is 1.15 bits per heavy atom. The van der Waals surface area contributed by atoms with Crippen LogP contribution in [0.15, 0.2) is 47.5 Å². The largest absolute Gasteiger partial charge is 0.487 e. The highest BCUT2D eigenvalue weighted by molar-refractivity contribution is 7.89. The lowest BCUT2D eigenvalue weighted by Gasteiger charge is -2.38. The molecule has 2 aromatic rings. The molecule has 0 radical (unpaired) electrons. The van der Waals surface area contributed by atoms with Gasteiger partial charge in [0.15, 0.2) is 0 Å². The zero-order chi connectivity index (χ0) is 19.1. The third kappa shape index (κ3) is 3.66. The van der Waals surface area contributed by atoms with E-state index in [9.17, 15) is 8.42 Å². The van der Waals surface area contributed by atoms with Crippen LogP contribution in [0.1, 0.15) is 44.7 Å². The fourth-order valence-corrected chi connectivity index (χ4v) is 5.27. The topological polar surface area (TPSA) is 71.5 Å². The highest BCUT2D eigenvalue weighted by Crippen LogP contribution is 2.40. The Bertz CT molecular complexity index is 920. The fraction of sp³-hybridized carbons (Fsp3) is 0.450. The number of hydrogen-bond acceptors (Lipinski definition) is 5. The summed E-state index contributed by atoms with van der Waals surface area (Å²) >= 11 is 0. The van der Waals surface area contributed by atoms with E-state index in [1.54, 1.807) is 12.1 Å². The molecule has 0 bridgehead atoms. The number of hydrogen-bond donors (Lipinski definition) is 1. The number of nitrogens with zero attached hydrogens (tertiary/aromatic N) is 2. The van der Waals surface area contributed by atoms with Crippen LogP contribution in [-0.2, 0) is 10.0 Å². The first kappa shape index (κ1) is 18.3. The predicted octanol–water partition coefficient (Wildman–Crippen LogP) is 3.58. The van der Waals surface area contributed by atoms with Gasteiger partial charge in [0.2, 0.25) is 10.0 Å². The van der Waals surface area contributed by atoms with Crippen LogP contribution in [0.5, 0.6) is 5.75 Å². The first-order chi connectivity index (χ1) is 12.9. The van der Waals surface area contributed by atoms with Gasteiger partial charge >= 0.3 is 0 Å². The molecule has 0 amide bonds. The van der Waals surface area contributed by atoms with Crippen LogP contribution >= 0.6 is 0 Å². The third-order valence-corrected chi connectivity index (χ3v) is 7.02. The predicted molar refractivity (Wildman–Crippen MR) is 104 cm³/mol. The Kier molecular flexibility index (Phi) is 4.60. The number of para-hydroxylation sites is 1. The van der Waals surface area contributed by atoms with E-state index in [1.807, 2.05) is 18.2 Å². The second-order valence-electron chi connectivity index (χ2n) is 7.79. The molecule has 1 aromatic carbocycles. The molecule has 1 atom stereocenters. The van der Waals surface area contributed by atoms with Crippen molar-refractivity contribution in [1.82, 2.24) is 9.29 Å². The number of ether oxygens (including phenoxy) is 1. The Balaban J connectivity index is 1.55. The summed E-state index contributed by atoms with van der Waals surface area (Å²) in [7, 11) is -3.43. The van der Waals surface area contributed by atoms with Crippen LogP contribution in [0.3, 0.4) is 0 Å². The normalized spacial score (nSPS) is 22.1. The van der Waals surface area contributed by atoms with Gasteiger partial charge in [0.05, 0.1) is 6.04 Å². The van der Waals surface area contributed by atoms with E-state index in [0.717, 1.165) is 30.6 Å². The number of anilines is 1. The van der Waals surface area contributed by atoms with Crippen molar-refractivity contribution < 1.29 is 13.2 Å². The number of aromatic nitrogens is 1. The average molecular weight is 388 g/mol. The molecule has 0 saturated carbocycles. The first-order valence-electron chi connectivity index (χ1n) is 9.36. The van der Waals surface area contributed by atoms with Gasteiger partial charge in [0, 0.05) is 31.3 Å². The van der Waals surface area contributed by atoms with Crippen LogP contribution in [0.25, 0.3) is 0 Å². The van der Waals surface area contributed by atoms with Gasteiger partial charge in [-0.2, -0.15) is 4.31 Å². The molecule has 144 valence electrons. The van der Waals surface area contributed by atoms with Gasteiger partial charge in [-0.05, 0) is 44.9 Å². The highest BCUT2D eigenvalue weighted by atomic mass is 32.2. The summed E-state index contributed by atoms with van der Waals surface area (Å²) in [5.74, 6) is 1.53. The van der Waals surface area contributed by atoms with E-state index in [4.69, 9.17) is 4.74 Å². The molecule has 0 aliphatic carbocycles. The maximum Gasteiger partial charge on any atom is 0.244 e. The van der Waals surface area contributed by atoms with Gasteiger partial charge in [0.25, 0.3) is 0 Å². The molecule has 1 saturated heterocycles. The molecule has 1 aromatic heterocycles. The van der Waals surface area contributed by atoms with Gasteiger partial charge in [-0.15, -0.1) is 0 Å². The molecule has 7 heteroatoms. The lowest BCUT2D eigenvalue weighted by atomic mass is 9.90. The van der Waals surface area contributed by atoms with E-state index >= 15 is 0 Å². The second-order valence-corrected chi connectivity index (χ2v) is 9.73. The number of rotatable bonds is 4. The molecule has 0 spiro atoms. The molecule has 1 N–H and O–H groups in total. The van der Waals surface area contributed by atoms with Crippen molar-refractivity contribution in [2.45, 2.75) is 49.6 Å². The molecule has 2 aliphatic rings. The van der Waals surface area contributed by atoms with Gasteiger partial charge in [0.1, 0.15) is 22.1 Å². The van der Waals surface area contributed by atoms with Crippen LogP contribution in [-0.4, -0.2) is 36.4 Å². The Morgan fingerprint density at radius 3 is 2.59 bits per heavy atom. The maximum absolute atomic E-state index is 12.6. The van der Waals surface area contributed by atoms with Crippen molar-refractivity contribution in [1.29, 1.82) is 0 Å². The zero-order valence-electron chi connectivity index (χ0n) is 15.7. The molecular formula is C20H25N3O3S.